The number of hydrogen-bond acceptors (Lipinski definition) is 8. The molecule has 1 aromatic carbocycles. The highest BCUT2D eigenvalue weighted by atomic mass is 127. The van der Waals surface area contributed by atoms with Gasteiger partial charge in [0.25, 0.3) is 5.91 Å². The molecule has 0 saturated carbocycles. The lowest BCUT2D eigenvalue weighted by Crippen LogP contribution is -2.13. The number of fused-ring (bicyclic) bond motifs is 1. The van der Waals surface area contributed by atoms with Crippen molar-refractivity contribution in [2.45, 2.75) is 0 Å². The first kappa shape index (κ1) is 22.6. The highest BCUT2D eigenvalue weighted by molar-refractivity contribution is 14.2. The van der Waals surface area contributed by atoms with Gasteiger partial charge in [0.1, 0.15) is 46.1 Å². The predicted octanol–water partition coefficient (Wildman–Crippen LogP) is 5.41. The highest BCUT2D eigenvalue weighted by Crippen LogP contribution is 2.35. The molecule has 0 saturated heterocycles. The minimum Gasteiger partial charge on any atom is -0.335 e. The summed E-state index contributed by atoms with van der Waals surface area (Å²) in [6, 6.07) is 5.61. The molecule has 0 bridgehead atoms. The summed E-state index contributed by atoms with van der Waals surface area (Å²) in [4.78, 5) is 33.7. The number of rotatable bonds is 6. The molecule has 14 heteroatoms. The number of nitrogens with zero attached hydrogens (tertiary/aromatic N) is 6. The maximum Gasteiger partial charge on any atom is 0.267 e. The molecular weight excluding hydrogens is 596 g/mol. The second-order valence-electron chi connectivity index (χ2n) is 6.72. The van der Waals surface area contributed by atoms with Gasteiger partial charge in [-0.3, -0.25) is 14.1 Å². The Morgan fingerprint density at radius 2 is 2.03 bits per heavy atom. The third-order valence-electron chi connectivity index (χ3n) is 4.73. The Morgan fingerprint density at radius 3 is 2.82 bits per heavy atom. The summed E-state index contributed by atoms with van der Waals surface area (Å²) in [7, 11) is 0. The molecule has 0 fully saturated rings. The molecule has 1 atom stereocenters. The van der Waals surface area contributed by atoms with Crippen molar-refractivity contribution >= 4 is 74.0 Å². The largest absolute Gasteiger partial charge is 0.335 e. The van der Waals surface area contributed by atoms with Crippen LogP contribution < -0.4 is 10.6 Å². The van der Waals surface area contributed by atoms with E-state index in [1.807, 2.05) is 4.34 Å². The van der Waals surface area contributed by atoms with E-state index in [1.54, 1.807) is 18.5 Å². The normalized spacial score (nSPS) is 11.4. The summed E-state index contributed by atoms with van der Waals surface area (Å²) in [6.07, 6.45) is 6.30. The Kier molecular flexibility index (Phi) is 6.39. The van der Waals surface area contributed by atoms with Crippen molar-refractivity contribution in [3.63, 3.8) is 0 Å². The fourth-order valence-electron chi connectivity index (χ4n) is 3.18. The van der Waals surface area contributed by atoms with E-state index in [0.717, 1.165) is 23.5 Å². The summed E-state index contributed by atoms with van der Waals surface area (Å²) in [5.74, 6) is -2.21. The van der Waals surface area contributed by atoms with E-state index >= 15 is 4.39 Å². The molecule has 4 heterocycles. The summed E-state index contributed by atoms with van der Waals surface area (Å²) >= 11 is 3.32. The van der Waals surface area contributed by atoms with Gasteiger partial charge in [-0.2, -0.15) is 0 Å². The fourth-order valence-corrected chi connectivity index (χ4v) is 5.10. The first-order valence-electron chi connectivity index (χ1n) is 9.51. The standard InChI is InChI=1S/C20H12F2IN8OPS/c21-11-3-4-12(29-20(32)13-6-24-9-34-13)14(22)16(11)30-18-10(2-1-5-25-18)15-17-19(27-7-26-15)31(33-23)8-28-17/h1-9,33H,(H,25,30)(H,29,32). The van der Waals surface area contributed by atoms with Gasteiger partial charge in [-0.25, -0.2) is 28.7 Å². The zero-order chi connectivity index (χ0) is 23.7. The molecule has 4 aromatic heterocycles. The van der Waals surface area contributed by atoms with Crippen molar-refractivity contribution in [3.05, 3.63) is 71.3 Å². The lowest BCUT2D eigenvalue weighted by atomic mass is 10.1. The number of pyridine rings is 1. The van der Waals surface area contributed by atoms with Crippen LogP contribution in [0.15, 0.2) is 54.8 Å². The number of nitrogens with one attached hydrogen (secondary N) is 2. The first-order chi connectivity index (χ1) is 16.6. The van der Waals surface area contributed by atoms with Crippen molar-refractivity contribution in [1.82, 2.24) is 29.3 Å². The number of amides is 1. The lowest BCUT2D eigenvalue weighted by Gasteiger charge is -2.14. The Labute approximate surface area is 209 Å². The molecule has 2 N–H and O–H groups in total. The second kappa shape index (κ2) is 9.60. The molecule has 5 rings (SSSR count). The monoisotopic (exact) mass is 608 g/mol. The van der Waals surface area contributed by atoms with Gasteiger partial charge >= 0.3 is 0 Å². The smallest absolute Gasteiger partial charge is 0.267 e. The van der Waals surface area contributed by atoms with E-state index in [9.17, 15) is 9.18 Å². The molecular formula is C20H12F2IN8OPS. The lowest BCUT2D eigenvalue weighted by molar-refractivity contribution is 0.103. The summed E-state index contributed by atoms with van der Waals surface area (Å²) < 4.78 is 31.8. The van der Waals surface area contributed by atoms with Crippen LogP contribution in [0.2, 0.25) is 0 Å². The van der Waals surface area contributed by atoms with Crippen LogP contribution in [-0.4, -0.2) is 35.2 Å². The molecule has 170 valence electrons. The Bertz CT molecular complexity index is 1510. The molecule has 0 aliphatic heterocycles. The molecule has 0 radical (unpaired) electrons. The van der Waals surface area contributed by atoms with Crippen LogP contribution in [0.1, 0.15) is 9.67 Å². The Morgan fingerprint density at radius 1 is 1.15 bits per heavy atom. The first-order valence-corrected chi connectivity index (χ1v) is 14.5. The van der Waals surface area contributed by atoms with Crippen LogP contribution in [0.5, 0.6) is 0 Å². The summed E-state index contributed by atoms with van der Waals surface area (Å²) in [5, 5.41) is 5.17. The van der Waals surface area contributed by atoms with Gasteiger partial charge in [0.15, 0.2) is 11.5 Å². The van der Waals surface area contributed by atoms with E-state index < -0.39 is 23.2 Å². The minimum absolute atomic E-state index is 0.165. The van der Waals surface area contributed by atoms with Gasteiger partial charge in [0.2, 0.25) is 0 Å². The minimum atomic E-state index is -0.974. The van der Waals surface area contributed by atoms with Crippen molar-refractivity contribution in [3.8, 4) is 11.3 Å². The quantitative estimate of drug-likeness (QED) is 0.196. The van der Waals surface area contributed by atoms with Gasteiger partial charge < -0.3 is 10.6 Å². The number of imidazole rings is 1. The molecule has 1 unspecified atom stereocenters. The van der Waals surface area contributed by atoms with Crippen LogP contribution in [-0.2, 0) is 0 Å². The van der Waals surface area contributed by atoms with E-state index in [2.05, 4.69) is 57.6 Å². The van der Waals surface area contributed by atoms with Crippen LogP contribution >= 0.6 is 39.8 Å². The van der Waals surface area contributed by atoms with Crippen LogP contribution in [0.25, 0.3) is 22.4 Å². The van der Waals surface area contributed by atoms with Gasteiger partial charge in [-0.15, -0.1) is 11.3 Å². The van der Waals surface area contributed by atoms with Crippen molar-refractivity contribution in [2.75, 3.05) is 10.6 Å². The van der Waals surface area contributed by atoms with Gasteiger partial charge in [0, 0.05) is 11.8 Å². The third-order valence-corrected chi connectivity index (χ3v) is 7.57. The number of anilines is 3. The number of thiazole rings is 1. The number of carbonyl (C=O) groups excluding carboxylic acids is 1. The molecule has 5 aromatic rings. The molecule has 9 nitrogen and oxygen atoms in total. The van der Waals surface area contributed by atoms with Crippen LogP contribution in [0.3, 0.4) is 0 Å². The van der Waals surface area contributed by atoms with Crippen LogP contribution in [0, 0.1) is 11.6 Å². The number of hydrogen-bond donors (Lipinski definition) is 2. The van der Waals surface area contributed by atoms with Crippen molar-refractivity contribution in [2.24, 2.45) is 0 Å². The highest BCUT2D eigenvalue weighted by Gasteiger charge is 2.20. The van der Waals surface area contributed by atoms with Crippen LogP contribution in [0.4, 0.5) is 26.0 Å². The second-order valence-corrected chi connectivity index (χ2v) is 9.71. The Balaban J connectivity index is 1.53. The number of benzene rings is 1. The topological polar surface area (TPSA) is 111 Å². The number of halogens is 3. The zero-order valence-corrected chi connectivity index (χ0v) is 20.8. The molecule has 34 heavy (non-hydrogen) atoms. The average Bonchev–Trinajstić information content (AvgIpc) is 3.54. The number of carbonyl (C=O) groups is 1. The fraction of sp³-hybridized carbons (Fsp3) is 0. The van der Waals surface area contributed by atoms with E-state index in [-0.39, 0.29) is 11.5 Å². The molecule has 0 aliphatic carbocycles. The van der Waals surface area contributed by atoms with E-state index in [4.69, 9.17) is 0 Å². The van der Waals surface area contributed by atoms with Crippen molar-refractivity contribution in [1.29, 1.82) is 0 Å². The molecule has 1 amide bonds. The van der Waals surface area contributed by atoms with E-state index in [0.29, 0.717) is 33.7 Å². The average molecular weight is 608 g/mol. The summed E-state index contributed by atoms with van der Waals surface area (Å²) in [5.41, 5.74) is 2.95. The summed E-state index contributed by atoms with van der Waals surface area (Å²) in [6.45, 7) is 0. The molecule has 0 spiro atoms. The number of aromatic nitrogens is 6. The van der Waals surface area contributed by atoms with Crippen molar-refractivity contribution < 1.29 is 13.6 Å². The zero-order valence-electron chi connectivity index (χ0n) is 16.8. The van der Waals surface area contributed by atoms with E-state index in [1.165, 1.54) is 24.2 Å². The SMILES string of the molecule is O=C(Nc1ccc(F)c(Nc2ncccc2-c2ncnc3c2ncn3PI)c1F)c1cncs1. The maximum absolute atomic E-state index is 15.3. The molecule has 0 aliphatic rings. The van der Waals surface area contributed by atoms with Gasteiger partial charge in [-0.1, -0.05) is 0 Å². The third kappa shape index (κ3) is 4.21. The maximum atomic E-state index is 15.3. The van der Waals surface area contributed by atoms with Gasteiger partial charge in [0.05, 0.1) is 23.8 Å². The van der Waals surface area contributed by atoms with Gasteiger partial charge in [-0.05, 0) is 46.3 Å². The Hall–Kier alpha value is -3.16. The predicted molar refractivity (Wildman–Crippen MR) is 136 cm³/mol.